The van der Waals surface area contributed by atoms with Crippen molar-refractivity contribution in [3.05, 3.63) is 52.8 Å². The van der Waals surface area contributed by atoms with Gasteiger partial charge in [0.25, 0.3) is 0 Å². The van der Waals surface area contributed by atoms with Crippen LogP contribution in [0.5, 0.6) is 0 Å². The number of benzene rings is 1. The third-order valence-electron chi connectivity index (χ3n) is 4.22. The van der Waals surface area contributed by atoms with E-state index in [9.17, 15) is 9.90 Å². The lowest BCUT2D eigenvalue weighted by molar-refractivity contribution is -0.143. The molecule has 1 heterocycles. The highest BCUT2D eigenvalue weighted by atomic mass is 16.4. The minimum absolute atomic E-state index is 0.533. The quantitative estimate of drug-likeness (QED) is 0.860. The molecule has 5 nitrogen and oxygen atoms in total. The Kier molecular flexibility index (Phi) is 3.98. The maximum atomic E-state index is 11.7. The minimum Gasteiger partial charge on any atom is -0.480 e. The summed E-state index contributed by atoms with van der Waals surface area (Å²) in [7, 11) is 1.84. The Balaban J connectivity index is 1.78. The summed E-state index contributed by atoms with van der Waals surface area (Å²) in [5, 5.41) is 17.0. The zero-order valence-electron chi connectivity index (χ0n) is 12.9. The van der Waals surface area contributed by atoms with Crippen molar-refractivity contribution in [2.45, 2.75) is 38.3 Å². The number of H-pyrrole nitrogens is 1. The van der Waals surface area contributed by atoms with Crippen molar-refractivity contribution in [1.82, 2.24) is 15.1 Å². The normalized spacial score (nSPS) is 16.0. The van der Waals surface area contributed by atoms with Crippen LogP contribution in [-0.4, -0.2) is 33.2 Å². The van der Waals surface area contributed by atoms with Crippen LogP contribution in [0.15, 0.2) is 30.3 Å². The number of carboxylic acids is 1. The van der Waals surface area contributed by atoms with Gasteiger partial charge >= 0.3 is 5.97 Å². The Hall–Kier alpha value is -2.14. The molecule has 0 saturated heterocycles. The Morgan fingerprint density at radius 3 is 2.82 bits per heavy atom. The van der Waals surface area contributed by atoms with Gasteiger partial charge in [-0.3, -0.25) is 14.8 Å². The number of hydrogen-bond donors (Lipinski definition) is 2. The number of aliphatic carboxylic acids is 1. The van der Waals surface area contributed by atoms with Gasteiger partial charge in [-0.1, -0.05) is 24.3 Å². The van der Waals surface area contributed by atoms with E-state index in [4.69, 9.17) is 0 Å². The van der Waals surface area contributed by atoms with E-state index < -0.39 is 12.0 Å². The van der Waals surface area contributed by atoms with Gasteiger partial charge in [0.1, 0.15) is 6.04 Å². The number of hydrogen-bond acceptors (Lipinski definition) is 3. The fraction of sp³-hybridized carbons (Fsp3) is 0.412. The van der Waals surface area contributed by atoms with Crippen molar-refractivity contribution >= 4 is 5.97 Å². The maximum absolute atomic E-state index is 11.7. The monoisotopic (exact) mass is 299 g/mol. The molecule has 5 heteroatoms. The molecule has 0 spiro atoms. The Bertz CT molecular complexity index is 676. The number of carboxylic acid groups (broad SMARTS) is 1. The minimum atomic E-state index is -0.835. The molecular formula is C17H21N3O2. The molecule has 1 aromatic heterocycles. The van der Waals surface area contributed by atoms with E-state index in [1.54, 1.807) is 0 Å². The van der Waals surface area contributed by atoms with E-state index in [1.165, 1.54) is 12.8 Å². The number of aromatic nitrogens is 2. The zero-order valence-corrected chi connectivity index (χ0v) is 12.9. The first kappa shape index (κ1) is 14.8. The molecule has 116 valence electrons. The second-order valence-electron chi connectivity index (χ2n) is 6.10. The molecule has 0 aliphatic heterocycles. The van der Waals surface area contributed by atoms with Crippen LogP contribution in [0.4, 0.5) is 0 Å². The number of carbonyl (C=O) groups is 1. The molecule has 1 unspecified atom stereocenters. The van der Waals surface area contributed by atoms with E-state index in [2.05, 4.69) is 16.3 Å². The van der Waals surface area contributed by atoms with Crippen molar-refractivity contribution in [2.75, 3.05) is 7.05 Å². The summed E-state index contributed by atoms with van der Waals surface area (Å²) >= 11 is 0. The molecule has 1 fully saturated rings. The third-order valence-corrected chi connectivity index (χ3v) is 4.22. The first-order chi connectivity index (χ1) is 10.6. The fourth-order valence-electron chi connectivity index (χ4n) is 2.86. The van der Waals surface area contributed by atoms with Crippen LogP contribution >= 0.6 is 0 Å². The van der Waals surface area contributed by atoms with Gasteiger partial charge in [-0.15, -0.1) is 0 Å². The lowest BCUT2D eigenvalue weighted by Crippen LogP contribution is -2.31. The number of nitrogens with zero attached hydrogens (tertiary/aromatic N) is 2. The maximum Gasteiger partial charge on any atom is 0.325 e. The van der Waals surface area contributed by atoms with Crippen LogP contribution in [0.25, 0.3) is 0 Å². The highest BCUT2D eigenvalue weighted by molar-refractivity contribution is 5.76. The second kappa shape index (κ2) is 5.93. The summed E-state index contributed by atoms with van der Waals surface area (Å²) in [5.41, 5.74) is 3.89. The molecule has 1 saturated carbocycles. The Morgan fingerprint density at radius 2 is 2.18 bits per heavy atom. The van der Waals surface area contributed by atoms with Crippen LogP contribution in [0, 0.1) is 6.92 Å². The number of rotatable bonds is 6. The molecule has 2 aromatic rings. The number of likely N-dealkylation sites (N-methyl/N-ethyl adjacent to an activating group) is 1. The van der Waals surface area contributed by atoms with Gasteiger partial charge in [0.15, 0.2) is 0 Å². The van der Waals surface area contributed by atoms with Crippen molar-refractivity contribution < 1.29 is 9.90 Å². The second-order valence-corrected chi connectivity index (χ2v) is 6.10. The molecule has 1 aliphatic carbocycles. The van der Waals surface area contributed by atoms with Gasteiger partial charge in [-0.05, 0) is 44.0 Å². The standard InChI is InChI=1S/C17H21N3O2/c1-11-5-3-4-6-14(11)16(17(21)22)20(2)10-13-9-15(19-18-13)12-7-8-12/h3-6,9,12,16H,7-8,10H2,1-2H3,(H,18,19)(H,21,22). The van der Waals surface area contributed by atoms with Gasteiger partial charge in [0.05, 0.1) is 5.69 Å². The van der Waals surface area contributed by atoms with Crippen LogP contribution in [0.2, 0.25) is 0 Å². The van der Waals surface area contributed by atoms with Gasteiger partial charge in [-0.25, -0.2) is 0 Å². The summed E-state index contributed by atoms with van der Waals surface area (Å²) in [6, 6.07) is 9.04. The number of nitrogens with one attached hydrogen (secondary N) is 1. The number of aromatic amines is 1. The summed E-state index contributed by atoms with van der Waals surface area (Å²) in [4.78, 5) is 13.6. The number of aryl methyl sites for hydroxylation is 1. The topological polar surface area (TPSA) is 69.2 Å². The SMILES string of the molecule is Cc1ccccc1C(C(=O)O)N(C)Cc1cc(C2CC2)n[nH]1. The third kappa shape index (κ3) is 3.04. The molecule has 1 aliphatic rings. The van der Waals surface area contributed by atoms with Crippen molar-refractivity contribution in [2.24, 2.45) is 0 Å². The molecule has 2 N–H and O–H groups in total. The average Bonchev–Trinajstić information content (AvgIpc) is 3.22. The smallest absolute Gasteiger partial charge is 0.325 e. The summed E-state index contributed by atoms with van der Waals surface area (Å²) in [5.74, 6) is -0.235. The van der Waals surface area contributed by atoms with Crippen molar-refractivity contribution in [3.63, 3.8) is 0 Å². The summed E-state index contributed by atoms with van der Waals surface area (Å²) in [6.45, 7) is 2.48. The first-order valence-corrected chi connectivity index (χ1v) is 7.59. The van der Waals surface area contributed by atoms with Gasteiger partial charge < -0.3 is 5.11 Å². The highest BCUT2D eigenvalue weighted by Gasteiger charge is 2.28. The van der Waals surface area contributed by atoms with E-state index in [1.807, 2.05) is 43.1 Å². The molecule has 1 aromatic carbocycles. The molecule has 0 bridgehead atoms. The van der Waals surface area contributed by atoms with E-state index >= 15 is 0 Å². The fourth-order valence-corrected chi connectivity index (χ4v) is 2.86. The average molecular weight is 299 g/mol. The highest BCUT2D eigenvalue weighted by Crippen LogP contribution is 2.39. The molecule has 0 amide bonds. The first-order valence-electron chi connectivity index (χ1n) is 7.59. The van der Waals surface area contributed by atoms with Crippen LogP contribution in [-0.2, 0) is 11.3 Å². The molecule has 3 rings (SSSR count). The molecular weight excluding hydrogens is 278 g/mol. The Morgan fingerprint density at radius 1 is 1.45 bits per heavy atom. The van der Waals surface area contributed by atoms with Crippen molar-refractivity contribution in [3.8, 4) is 0 Å². The lowest BCUT2D eigenvalue weighted by atomic mass is 10.00. The van der Waals surface area contributed by atoms with E-state index in [0.717, 1.165) is 22.5 Å². The van der Waals surface area contributed by atoms with Crippen LogP contribution in [0.1, 0.15) is 47.3 Å². The molecule has 22 heavy (non-hydrogen) atoms. The van der Waals surface area contributed by atoms with Crippen molar-refractivity contribution in [1.29, 1.82) is 0 Å². The van der Waals surface area contributed by atoms with Gasteiger partial charge in [0, 0.05) is 18.2 Å². The van der Waals surface area contributed by atoms with Crippen LogP contribution in [0.3, 0.4) is 0 Å². The largest absolute Gasteiger partial charge is 0.480 e. The van der Waals surface area contributed by atoms with Gasteiger partial charge in [-0.2, -0.15) is 5.10 Å². The molecule has 1 atom stereocenters. The Labute approximate surface area is 130 Å². The zero-order chi connectivity index (χ0) is 15.7. The van der Waals surface area contributed by atoms with E-state index in [-0.39, 0.29) is 0 Å². The summed E-state index contributed by atoms with van der Waals surface area (Å²) in [6.07, 6.45) is 2.42. The predicted molar refractivity (Wildman–Crippen MR) is 83.6 cm³/mol. The van der Waals surface area contributed by atoms with Gasteiger partial charge in [0.2, 0.25) is 0 Å². The van der Waals surface area contributed by atoms with Crippen LogP contribution < -0.4 is 0 Å². The molecule has 0 radical (unpaired) electrons. The summed E-state index contributed by atoms with van der Waals surface area (Å²) < 4.78 is 0. The van der Waals surface area contributed by atoms with E-state index in [0.29, 0.717) is 12.5 Å². The lowest BCUT2D eigenvalue weighted by Gasteiger charge is -2.25. The predicted octanol–water partition coefficient (Wildman–Crippen LogP) is 2.85.